The first-order valence-corrected chi connectivity index (χ1v) is 7.35. The fraction of sp³-hybridized carbons (Fsp3) is 0.571. The van der Waals surface area contributed by atoms with E-state index in [1.165, 1.54) is 16.8 Å². The van der Waals surface area contributed by atoms with Crippen LogP contribution in [0.25, 0.3) is 0 Å². The molecule has 2 heterocycles. The number of benzene rings is 1. The summed E-state index contributed by atoms with van der Waals surface area (Å²) in [5, 5.41) is 9.49. The Morgan fingerprint density at radius 1 is 1.44 bits per heavy atom. The summed E-state index contributed by atoms with van der Waals surface area (Å²) in [6.07, 6.45) is 3.23. The van der Waals surface area contributed by atoms with Crippen LogP contribution in [0.2, 0.25) is 0 Å². The maximum Gasteiger partial charge on any atom is 0.0739 e. The maximum atomic E-state index is 9.49. The summed E-state index contributed by atoms with van der Waals surface area (Å²) in [6.45, 7) is 2.79. The summed E-state index contributed by atoms with van der Waals surface area (Å²) in [5.74, 6) is 0. The van der Waals surface area contributed by atoms with Crippen molar-refractivity contribution >= 4 is 21.6 Å². The molecule has 0 aliphatic carbocycles. The van der Waals surface area contributed by atoms with Crippen LogP contribution in [-0.4, -0.2) is 30.9 Å². The van der Waals surface area contributed by atoms with Gasteiger partial charge in [-0.1, -0.05) is 15.9 Å². The molecule has 4 heteroatoms. The van der Waals surface area contributed by atoms with Crippen LogP contribution in [0.3, 0.4) is 0 Å². The van der Waals surface area contributed by atoms with Gasteiger partial charge in [-0.3, -0.25) is 0 Å². The number of hydrogen-bond acceptors (Lipinski definition) is 3. The highest BCUT2D eigenvalue weighted by Gasteiger charge is 2.27. The summed E-state index contributed by atoms with van der Waals surface area (Å²) in [7, 11) is 0. The minimum absolute atomic E-state index is 0.238. The molecule has 1 N–H and O–H groups in total. The topological polar surface area (TPSA) is 32.7 Å². The molecule has 0 spiro atoms. The lowest BCUT2D eigenvalue weighted by molar-refractivity contribution is 0.111. The number of aliphatic hydroxyl groups is 1. The first-order chi connectivity index (χ1) is 8.79. The molecule has 2 aliphatic rings. The van der Waals surface area contributed by atoms with Crippen LogP contribution in [0.5, 0.6) is 0 Å². The zero-order valence-electron chi connectivity index (χ0n) is 10.4. The van der Waals surface area contributed by atoms with E-state index in [9.17, 15) is 5.11 Å². The second-order valence-corrected chi connectivity index (χ2v) is 5.95. The molecule has 3 rings (SSSR count). The van der Waals surface area contributed by atoms with E-state index < -0.39 is 0 Å². The van der Waals surface area contributed by atoms with Crippen LogP contribution in [0.1, 0.15) is 24.0 Å². The molecule has 1 atom stereocenters. The molecule has 0 amide bonds. The van der Waals surface area contributed by atoms with Crippen molar-refractivity contribution in [3.63, 3.8) is 0 Å². The first-order valence-electron chi connectivity index (χ1n) is 6.56. The Hall–Kier alpha value is -0.580. The minimum Gasteiger partial charge on any atom is -0.394 e. The molecule has 0 saturated carbocycles. The van der Waals surface area contributed by atoms with E-state index >= 15 is 0 Å². The number of halogens is 1. The second kappa shape index (κ2) is 5.19. The Labute approximate surface area is 116 Å². The lowest BCUT2D eigenvalue weighted by atomic mass is 10.0. The van der Waals surface area contributed by atoms with Crippen molar-refractivity contribution in [2.75, 3.05) is 24.7 Å². The SMILES string of the molecule is OCC1CCCN1c1cc(Br)cc2c1COCC2. The highest BCUT2D eigenvalue weighted by atomic mass is 79.9. The number of fused-ring (bicyclic) bond motifs is 1. The zero-order chi connectivity index (χ0) is 12.5. The molecule has 98 valence electrons. The monoisotopic (exact) mass is 311 g/mol. The van der Waals surface area contributed by atoms with E-state index in [1.807, 2.05) is 0 Å². The molecular weight excluding hydrogens is 294 g/mol. The lowest BCUT2D eigenvalue weighted by Gasteiger charge is -2.30. The Bertz CT molecular complexity index is 450. The van der Waals surface area contributed by atoms with Crippen LogP contribution in [-0.2, 0) is 17.8 Å². The predicted molar refractivity (Wildman–Crippen MR) is 75.0 cm³/mol. The second-order valence-electron chi connectivity index (χ2n) is 5.04. The minimum atomic E-state index is 0.238. The van der Waals surface area contributed by atoms with Gasteiger partial charge in [-0.2, -0.15) is 0 Å². The van der Waals surface area contributed by atoms with Gasteiger partial charge in [-0.05, 0) is 37.0 Å². The number of rotatable bonds is 2. The smallest absolute Gasteiger partial charge is 0.0739 e. The average molecular weight is 312 g/mol. The highest BCUT2D eigenvalue weighted by Crippen LogP contribution is 2.35. The Morgan fingerprint density at radius 2 is 2.33 bits per heavy atom. The maximum absolute atomic E-state index is 9.49. The van der Waals surface area contributed by atoms with E-state index in [0.29, 0.717) is 6.61 Å². The van der Waals surface area contributed by atoms with Gasteiger partial charge in [0.2, 0.25) is 0 Å². The fourth-order valence-corrected chi connectivity index (χ4v) is 3.52. The third-order valence-electron chi connectivity index (χ3n) is 3.94. The van der Waals surface area contributed by atoms with Gasteiger partial charge < -0.3 is 14.7 Å². The largest absolute Gasteiger partial charge is 0.394 e. The van der Waals surface area contributed by atoms with Crippen molar-refractivity contribution < 1.29 is 9.84 Å². The predicted octanol–water partition coefficient (Wildman–Crippen LogP) is 2.48. The number of ether oxygens (including phenoxy) is 1. The molecule has 1 unspecified atom stereocenters. The molecular formula is C14H18BrNO2. The van der Waals surface area contributed by atoms with Gasteiger partial charge >= 0.3 is 0 Å². The van der Waals surface area contributed by atoms with Crippen molar-refractivity contribution in [3.8, 4) is 0 Å². The van der Waals surface area contributed by atoms with Gasteiger partial charge in [-0.25, -0.2) is 0 Å². The van der Waals surface area contributed by atoms with Gasteiger partial charge in [0.05, 0.1) is 25.9 Å². The molecule has 3 nitrogen and oxygen atoms in total. The highest BCUT2D eigenvalue weighted by molar-refractivity contribution is 9.10. The molecule has 0 bridgehead atoms. The van der Waals surface area contributed by atoms with Crippen LogP contribution < -0.4 is 4.90 Å². The summed E-state index contributed by atoms with van der Waals surface area (Å²) in [5.41, 5.74) is 3.94. The molecule has 2 aliphatic heterocycles. The number of aliphatic hydroxyl groups excluding tert-OH is 1. The van der Waals surface area contributed by atoms with Gasteiger partial charge in [0.25, 0.3) is 0 Å². The van der Waals surface area contributed by atoms with Crippen molar-refractivity contribution in [3.05, 3.63) is 27.7 Å². The summed E-state index contributed by atoms with van der Waals surface area (Å²) < 4.78 is 6.73. The molecule has 1 fully saturated rings. The van der Waals surface area contributed by atoms with Crippen molar-refractivity contribution in [2.24, 2.45) is 0 Å². The third kappa shape index (κ3) is 2.17. The average Bonchev–Trinajstić information content (AvgIpc) is 2.85. The normalized spacial score (nSPS) is 23.2. The Balaban J connectivity index is 2.02. The van der Waals surface area contributed by atoms with Crippen LogP contribution in [0.4, 0.5) is 5.69 Å². The van der Waals surface area contributed by atoms with E-state index in [-0.39, 0.29) is 12.6 Å². The summed E-state index contributed by atoms with van der Waals surface area (Å²) in [4.78, 5) is 2.35. The number of nitrogens with zero attached hydrogens (tertiary/aromatic N) is 1. The molecule has 18 heavy (non-hydrogen) atoms. The standard InChI is InChI=1S/C14H18BrNO2/c15-11-6-10-3-5-18-9-13(10)14(7-11)16-4-1-2-12(16)8-17/h6-7,12,17H,1-5,8-9H2. The molecule has 0 aromatic heterocycles. The van der Waals surface area contributed by atoms with E-state index in [4.69, 9.17) is 4.74 Å². The van der Waals surface area contributed by atoms with Gasteiger partial charge in [-0.15, -0.1) is 0 Å². The van der Waals surface area contributed by atoms with Gasteiger partial charge in [0, 0.05) is 22.3 Å². The lowest BCUT2D eigenvalue weighted by Crippen LogP contribution is -2.33. The summed E-state index contributed by atoms with van der Waals surface area (Å²) >= 11 is 3.60. The zero-order valence-corrected chi connectivity index (χ0v) is 11.9. The summed E-state index contributed by atoms with van der Waals surface area (Å²) in [6, 6.07) is 4.64. The van der Waals surface area contributed by atoms with Crippen molar-refractivity contribution in [1.82, 2.24) is 0 Å². The van der Waals surface area contributed by atoms with Crippen LogP contribution in [0.15, 0.2) is 16.6 Å². The number of anilines is 1. The van der Waals surface area contributed by atoms with Gasteiger partial charge in [0.15, 0.2) is 0 Å². The fourth-order valence-electron chi connectivity index (χ4n) is 3.02. The Kier molecular flexibility index (Phi) is 3.59. The van der Waals surface area contributed by atoms with E-state index in [0.717, 1.165) is 36.9 Å². The van der Waals surface area contributed by atoms with Gasteiger partial charge in [0.1, 0.15) is 0 Å². The molecule has 0 radical (unpaired) electrons. The van der Waals surface area contributed by atoms with Crippen LogP contribution >= 0.6 is 15.9 Å². The molecule has 1 aromatic carbocycles. The van der Waals surface area contributed by atoms with E-state index in [1.54, 1.807) is 0 Å². The first kappa shape index (κ1) is 12.5. The molecule has 1 aromatic rings. The number of hydrogen-bond donors (Lipinski definition) is 1. The van der Waals surface area contributed by atoms with Crippen molar-refractivity contribution in [2.45, 2.75) is 31.9 Å². The quantitative estimate of drug-likeness (QED) is 0.911. The third-order valence-corrected chi connectivity index (χ3v) is 4.40. The van der Waals surface area contributed by atoms with Crippen LogP contribution in [0, 0.1) is 0 Å². The van der Waals surface area contributed by atoms with Crippen molar-refractivity contribution in [1.29, 1.82) is 0 Å². The Morgan fingerprint density at radius 3 is 3.17 bits per heavy atom. The molecule has 1 saturated heterocycles. The van der Waals surface area contributed by atoms with E-state index in [2.05, 4.69) is 33.0 Å².